The first-order valence-corrected chi connectivity index (χ1v) is 7.47. The molecule has 1 unspecified atom stereocenters. The van der Waals surface area contributed by atoms with Gasteiger partial charge in [0.1, 0.15) is 0 Å². The van der Waals surface area contributed by atoms with Crippen molar-refractivity contribution in [1.29, 1.82) is 0 Å². The molecule has 0 fully saturated rings. The summed E-state index contributed by atoms with van der Waals surface area (Å²) in [6.45, 7) is 5.84. The van der Waals surface area contributed by atoms with E-state index in [4.69, 9.17) is 10.9 Å². The van der Waals surface area contributed by atoms with Gasteiger partial charge in [-0.25, -0.2) is 13.6 Å². The number of carbonyl (C=O) groups is 1. The van der Waals surface area contributed by atoms with Crippen LogP contribution in [-0.4, -0.2) is 14.3 Å². The summed E-state index contributed by atoms with van der Waals surface area (Å²) in [5.41, 5.74) is 6.02. The van der Waals surface area contributed by atoms with Crippen LogP contribution in [0.4, 0.5) is 0 Å². The SMILES string of the molecule is CC(C)(C)C(Cc1ccc(S(N)(=O)=O)cc1)C(N)=O. The predicted molar refractivity (Wildman–Crippen MR) is 73.7 cm³/mol. The van der Waals surface area contributed by atoms with Crippen LogP contribution in [-0.2, 0) is 21.2 Å². The third kappa shape index (κ3) is 4.33. The summed E-state index contributed by atoms with van der Waals surface area (Å²) in [5.74, 6) is -0.671. The molecule has 0 heterocycles. The van der Waals surface area contributed by atoms with E-state index in [1.54, 1.807) is 12.1 Å². The summed E-state index contributed by atoms with van der Waals surface area (Å²) < 4.78 is 22.3. The van der Waals surface area contributed by atoms with Gasteiger partial charge in [-0.05, 0) is 29.5 Å². The molecular formula is C13H20N2O3S. The number of carbonyl (C=O) groups excluding carboxylic acids is 1. The van der Waals surface area contributed by atoms with Gasteiger partial charge in [0.25, 0.3) is 0 Å². The van der Waals surface area contributed by atoms with Gasteiger partial charge in [-0.2, -0.15) is 0 Å². The van der Waals surface area contributed by atoms with Crippen LogP contribution < -0.4 is 10.9 Å². The summed E-state index contributed by atoms with van der Waals surface area (Å²) >= 11 is 0. The minimum Gasteiger partial charge on any atom is -0.369 e. The minimum absolute atomic E-state index is 0.0580. The van der Waals surface area contributed by atoms with Crippen LogP contribution in [0, 0.1) is 11.3 Å². The molecule has 1 rings (SSSR count). The summed E-state index contributed by atoms with van der Waals surface area (Å²) in [4.78, 5) is 11.5. The fourth-order valence-electron chi connectivity index (χ4n) is 1.88. The molecule has 1 aromatic rings. The van der Waals surface area contributed by atoms with Gasteiger partial charge >= 0.3 is 0 Å². The standard InChI is InChI=1S/C13H20N2O3S/c1-13(2,3)11(12(14)16)8-9-4-6-10(7-5-9)19(15,17)18/h4-7,11H,8H2,1-3H3,(H2,14,16)(H2,15,17,18). The molecule has 5 nitrogen and oxygen atoms in total. The van der Waals surface area contributed by atoms with Gasteiger partial charge in [0, 0.05) is 5.92 Å². The Morgan fingerprint density at radius 3 is 2.00 bits per heavy atom. The lowest BCUT2D eigenvalue weighted by molar-refractivity contribution is -0.124. The number of rotatable bonds is 4. The smallest absolute Gasteiger partial charge is 0.238 e. The zero-order chi connectivity index (χ0) is 14.8. The molecule has 0 bridgehead atoms. The van der Waals surface area contributed by atoms with Crippen molar-refractivity contribution in [1.82, 2.24) is 0 Å². The van der Waals surface area contributed by atoms with E-state index in [0.29, 0.717) is 6.42 Å². The number of primary sulfonamides is 1. The largest absolute Gasteiger partial charge is 0.369 e. The van der Waals surface area contributed by atoms with E-state index in [1.807, 2.05) is 20.8 Å². The highest BCUT2D eigenvalue weighted by atomic mass is 32.2. The molecule has 1 aromatic carbocycles. The fraction of sp³-hybridized carbons (Fsp3) is 0.462. The zero-order valence-corrected chi connectivity index (χ0v) is 12.2. The van der Waals surface area contributed by atoms with E-state index in [2.05, 4.69) is 0 Å². The molecule has 0 radical (unpaired) electrons. The van der Waals surface area contributed by atoms with E-state index >= 15 is 0 Å². The number of amides is 1. The molecule has 0 aromatic heterocycles. The van der Waals surface area contributed by atoms with E-state index in [1.165, 1.54) is 12.1 Å². The molecule has 1 amide bonds. The second-order valence-electron chi connectivity index (χ2n) is 5.71. The average molecular weight is 284 g/mol. The Morgan fingerprint density at radius 2 is 1.68 bits per heavy atom. The lowest BCUT2D eigenvalue weighted by atomic mass is 9.77. The quantitative estimate of drug-likeness (QED) is 0.862. The normalized spacial score (nSPS) is 14.1. The molecule has 0 saturated carbocycles. The Balaban J connectivity index is 2.97. The predicted octanol–water partition coefficient (Wildman–Crippen LogP) is 1.02. The molecule has 0 saturated heterocycles. The molecule has 19 heavy (non-hydrogen) atoms. The lowest BCUT2D eigenvalue weighted by Crippen LogP contribution is -2.35. The van der Waals surface area contributed by atoms with Gasteiger partial charge in [0.05, 0.1) is 4.90 Å². The highest BCUT2D eigenvalue weighted by Gasteiger charge is 2.29. The van der Waals surface area contributed by atoms with Crippen molar-refractivity contribution in [3.63, 3.8) is 0 Å². The third-order valence-corrected chi connectivity index (χ3v) is 4.01. The molecule has 0 spiro atoms. The summed E-state index contributed by atoms with van der Waals surface area (Å²) in [5, 5.41) is 5.02. The van der Waals surface area contributed by atoms with Crippen LogP contribution in [0.25, 0.3) is 0 Å². The number of hydrogen-bond acceptors (Lipinski definition) is 3. The topological polar surface area (TPSA) is 103 Å². The van der Waals surface area contributed by atoms with Gasteiger partial charge in [0.2, 0.25) is 15.9 Å². The van der Waals surface area contributed by atoms with Crippen molar-refractivity contribution in [2.75, 3.05) is 0 Å². The minimum atomic E-state index is -3.68. The van der Waals surface area contributed by atoms with Crippen molar-refractivity contribution in [2.45, 2.75) is 32.1 Å². The Hall–Kier alpha value is -1.40. The molecular weight excluding hydrogens is 264 g/mol. The fourth-order valence-corrected chi connectivity index (χ4v) is 2.40. The third-order valence-electron chi connectivity index (χ3n) is 3.08. The van der Waals surface area contributed by atoms with Crippen LogP contribution in [0.5, 0.6) is 0 Å². The Bertz CT molecular complexity index is 557. The molecule has 0 aliphatic carbocycles. The molecule has 6 heteroatoms. The summed E-state index contributed by atoms with van der Waals surface area (Å²) in [6, 6.07) is 6.18. The number of primary amides is 1. The van der Waals surface area contributed by atoms with Crippen LogP contribution in [0.2, 0.25) is 0 Å². The van der Waals surface area contributed by atoms with Crippen molar-refractivity contribution in [3.8, 4) is 0 Å². The van der Waals surface area contributed by atoms with Crippen LogP contribution in [0.15, 0.2) is 29.2 Å². The average Bonchev–Trinajstić information content (AvgIpc) is 2.23. The summed E-state index contributed by atoms with van der Waals surface area (Å²) in [6.07, 6.45) is 0.476. The van der Waals surface area contributed by atoms with Gasteiger partial charge in [-0.3, -0.25) is 4.79 Å². The van der Waals surface area contributed by atoms with Crippen molar-refractivity contribution in [2.24, 2.45) is 22.2 Å². The van der Waals surface area contributed by atoms with E-state index in [9.17, 15) is 13.2 Å². The highest BCUT2D eigenvalue weighted by molar-refractivity contribution is 7.89. The Labute approximate surface area is 114 Å². The maximum absolute atomic E-state index is 11.5. The monoisotopic (exact) mass is 284 g/mol. The van der Waals surface area contributed by atoms with Crippen LogP contribution >= 0.6 is 0 Å². The number of nitrogens with two attached hydrogens (primary N) is 2. The Morgan fingerprint density at radius 1 is 1.21 bits per heavy atom. The van der Waals surface area contributed by atoms with Crippen LogP contribution in [0.3, 0.4) is 0 Å². The maximum atomic E-state index is 11.5. The second kappa shape index (κ2) is 5.30. The second-order valence-corrected chi connectivity index (χ2v) is 7.28. The zero-order valence-electron chi connectivity index (χ0n) is 11.4. The maximum Gasteiger partial charge on any atom is 0.238 e. The molecule has 1 atom stereocenters. The van der Waals surface area contributed by atoms with Gasteiger partial charge in [-0.1, -0.05) is 32.9 Å². The first-order chi connectivity index (χ1) is 8.51. The molecule has 0 aliphatic heterocycles. The van der Waals surface area contributed by atoms with Crippen molar-refractivity contribution >= 4 is 15.9 Å². The molecule has 4 N–H and O–H groups in total. The number of sulfonamides is 1. The van der Waals surface area contributed by atoms with Crippen molar-refractivity contribution < 1.29 is 13.2 Å². The van der Waals surface area contributed by atoms with Gasteiger partial charge in [0.15, 0.2) is 0 Å². The number of hydrogen-bond donors (Lipinski definition) is 2. The molecule has 106 valence electrons. The van der Waals surface area contributed by atoms with E-state index < -0.39 is 10.0 Å². The number of benzene rings is 1. The first-order valence-electron chi connectivity index (χ1n) is 5.93. The first kappa shape index (κ1) is 15.7. The summed E-state index contributed by atoms with van der Waals surface area (Å²) in [7, 11) is -3.68. The lowest BCUT2D eigenvalue weighted by Gasteiger charge is -2.28. The highest BCUT2D eigenvalue weighted by Crippen LogP contribution is 2.29. The van der Waals surface area contributed by atoms with Gasteiger partial charge in [-0.15, -0.1) is 0 Å². The Kier molecular flexibility index (Phi) is 4.37. The van der Waals surface area contributed by atoms with Crippen molar-refractivity contribution in [3.05, 3.63) is 29.8 Å². The van der Waals surface area contributed by atoms with Gasteiger partial charge < -0.3 is 5.73 Å². The van der Waals surface area contributed by atoms with Crippen LogP contribution in [0.1, 0.15) is 26.3 Å². The van der Waals surface area contributed by atoms with E-state index in [-0.39, 0.29) is 22.1 Å². The van der Waals surface area contributed by atoms with E-state index in [0.717, 1.165) is 5.56 Å². The molecule has 0 aliphatic rings.